The van der Waals surface area contributed by atoms with Gasteiger partial charge in [0.05, 0.1) is 5.69 Å². The Hall–Kier alpha value is -1.57. The van der Waals surface area contributed by atoms with Crippen molar-refractivity contribution in [3.05, 3.63) is 51.3 Å². The van der Waals surface area contributed by atoms with Gasteiger partial charge in [-0.25, -0.2) is 0 Å². The summed E-state index contributed by atoms with van der Waals surface area (Å²) in [6, 6.07) is 4.80. The van der Waals surface area contributed by atoms with Crippen molar-refractivity contribution in [2.45, 2.75) is 60.4 Å². The minimum Gasteiger partial charge on any atom is -0.356 e. The number of guanidine groups is 1. The highest BCUT2D eigenvalue weighted by molar-refractivity contribution is 14.0. The zero-order valence-electron chi connectivity index (χ0n) is 18.6. The van der Waals surface area contributed by atoms with Crippen molar-refractivity contribution in [1.29, 1.82) is 0 Å². The van der Waals surface area contributed by atoms with Crippen molar-refractivity contribution in [1.82, 2.24) is 20.4 Å². The second-order valence-corrected chi connectivity index (χ2v) is 7.65. The number of aliphatic imine (C=N–C) groups is 1. The molecule has 1 atom stereocenters. The maximum absolute atomic E-state index is 4.51. The molecule has 0 radical (unpaired) electrons. The highest BCUT2D eigenvalue weighted by Crippen LogP contribution is 2.17. The molecule has 0 fully saturated rings. The molecular weight excluding hydrogens is 461 g/mol. The topological polar surface area (TPSA) is 54.2 Å². The lowest BCUT2D eigenvalue weighted by Gasteiger charge is -2.19. The van der Waals surface area contributed by atoms with Crippen LogP contribution in [0.4, 0.5) is 0 Å². The Balaban J connectivity index is 0.00000392. The van der Waals surface area contributed by atoms with Gasteiger partial charge in [-0.05, 0) is 76.6 Å². The van der Waals surface area contributed by atoms with E-state index in [1.54, 1.807) is 0 Å². The standard InChI is InChI=1S/C22H35N5.HI/c1-14-11-15(2)20(16(3)12-14)9-10-24-22(23-7)25-17(4)13-21-18(5)26-27(8)19(21)6;/h11-12,17H,9-10,13H2,1-8H3,(H2,23,24,25);1H. The van der Waals surface area contributed by atoms with E-state index in [4.69, 9.17) is 0 Å². The Kier molecular flexibility index (Phi) is 9.47. The van der Waals surface area contributed by atoms with Gasteiger partial charge in [-0.1, -0.05) is 17.7 Å². The number of aryl methyl sites for hydroxylation is 5. The molecule has 2 aromatic rings. The first kappa shape index (κ1) is 24.5. The first-order valence-corrected chi connectivity index (χ1v) is 9.75. The molecule has 1 heterocycles. The van der Waals surface area contributed by atoms with Gasteiger partial charge in [0.2, 0.25) is 0 Å². The SMILES string of the molecule is CN=C(NCCc1c(C)cc(C)cc1C)NC(C)Cc1c(C)nn(C)c1C.I. The zero-order chi connectivity index (χ0) is 20.1. The molecular formula is C22H36IN5. The molecule has 0 saturated carbocycles. The van der Waals surface area contributed by atoms with Crippen LogP contribution >= 0.6 is 24.0 Å². The fourth-order valence-corrected chi connectivity index (χ4v) is 3.81. The number of hydrogen-bond donors (Lipinski definition) is 2. The number of halogens is 1. The van der Waals surface area contributed by atoms with Crippen LogP contribution in [0, 0.1) is 34.6 Å². The Morgan fingerprint density at radius 3 is 2.21 bits per heavy atom. The highest BCUT2D eigenvalue weighted by Gasteiger charge is 2.14. The van der Waals surface area contributed by atoms with Crippen LogP contribution in [0.15, 0.2) is 17.1 Å². The average Bonchev–Trinajstić information content (AvgIpc) is 2.82. The maximum Gasteiger partial charge on any atom is 0.191 e. The lowest BCUT2D eigenvalue weighted by atomic mass is 9.97. The second-order valence-electron chi connectivity index (χ2n) is 7.65. The van der Waals surface area contributed by atoms with Gasteiger partial charge in [0.15, 0.2) is 5.96 Å². The molecule has 0 amide bonds. The number of benzene rings is 1. The van der Waals surface area contributed by atoms with E-state index in [1.165, 1.54) is 33.5 Å². The van der Waals surface area contributed by atoms with Crippen LogP contribution in [0.2, 0.25) is 0 Å². The van der Waals surface area contributed by atoms with Crippen LogP contribution in [-0.2, 0) is 19.9 Å². The van der Waals surface area contributed by atoms with Gasteiger partial charge in [-0.3, -0.25) is 9.67 Å². The van der Waals surface area contributed by atoms with Gasteiger partial charge in [-0.15, -0.1) is 24.0 Å². The van der Waals surface area contributed by atoms with E-state index in [9.17, 15) is 0 Å². The van der Waals surface area contributed by atoms with E-state index in [2.05, 4.69) is 74.4 Å². The fraction of sp³-hybridized carbons (Fsp3) is 0.545. The number of rotatable bonds is 6. The summed E-state index contributed by atoms with van der Waals surface area (Å²) < 4.78 is 1.96. The summed E-state index contributed by atoms with van der Waals surface area (Å²) in [5, 5.41) is 11.5. The highest BCUT2D eigenvalue weighted by atomic mass is 127. The largest absolute Gasteiger partial charge is 0.356 e. The molecule has 0 bridgehead atoms. The van der Waals surface area contributed by atoms with Crippen molar-refractivity contribution < 1.29 is 0 Å². The van der Waals surface area contributed by atoms with Gasteiger partial charge >= 0.3 is 0 Å². The van der Waals surface area contributed by atoms with Gasteiger partial charge in [0.1, 0.15) is 0 Å². The number of nitrogens with zero attached hydrogens (tertiary/aromatic N) is 3. The van der Waals surface area contributed by atoms with Gasteiger partial charge < -0.3 is 10.6 Å². The molecule has 156 valence electrons. The second kappa shape index (κ2) is 10.8. The van der Waals surface area contributed by atoms with Crippen LogP contribution in [0.5, 0.6) is 0 Å². The van der Waals surface area contributed by atoms with E-state index < -0.39 is 0 Å². The third kappa shape index (κ3) is 6.22. The predicted octanol–water partition coefficient (Wildman–Crippen LogP) is 3.92. The summed E-state index contributed by atoms with van der Waals surface area (Å²) in [6.45, 7) is 13.8. The number of nitrogens with one attached hydrogen (secondary N) is 2. The summed E-state index contributed by atoms with van der Waals surface area (Å²) in [5.41, 5.74) is 9.15. The first-order valence-electron chi connectivity index (χ1n) is 9.75. The molecule has 0 aliphatic carbocycles. The molecule has 2 N–H and O–H groups in total. The van der Waals surface area contributed by atoms with Crippen molar-refractivity contribution in [3.63, 3.8) is 0 Å². The number of hydrogen-bond acceptors (Lipinski definition) is 2. The molecule has 1 aromatic heterocycles. The van der Waals surface area contributed by atoms with Crippen molar-refractivity contribution in [2.24, 2.45) is 12.0 Å². The van der Waals surface area contributed by atoms with E-state index in [-0.39, 0.29) is 30.0 Å². The van der Waals surface area contributed by atoms with Crippen LogP contribution in [0.25, 0.3) is 0 Å². The molecule has 1 aromatic carbocycles. The summed E-state index contributed by atoms with van der Waals surface area (Å²) in [6.07, 6.45) is 1.93. The third-order valence-electron chi connectivity index (χ3n) is 5.28. The summed E-state index contributed by atoms with van der Waals surface area (Å²) in [4.78, 5) is 4.38. The minimum atomic E-state index is 0. The normalized spacial score (nSPS) is 12.5. The monoisotopic (exact) mass is 497 g/mol. The van der Waals surface area contributed by atoms with Crippen LogP contribution in [0.3, 0.4) is 0 Å². The Morgan fingerprint density at radius 1 is 1.11 bits per heavy atom. The molecule has 5 nitrogen and oxygen atoms in total. The fourth-order valence-electron chi connectivity index (χ4n) is 3.81. The van der Waals surface area contributed by atoms with Crippen molar-refractivity contribution in [2.75, 3.05) is 13.6 Å². The molecule has 28 heavy (non-hydrogen) atoms. The first-order chi connectivity index (χ1) is 12.7. The molecule has 0 saturated heterocycles. The summed E-state index contributed by atoms with van der Waals surface area (Å²) in [7, 11) is 3.82. The Bertz CT molecular complexity index is 800. The van der Waals surface area contributed by atoms with Gasteiger partial charge in [0.25, 0.3) is 0 Å². The van der Waals surface area contributed by atoms with Crippen LogP contribution in [0.1, 0.15) is 46.1 Å². The van der Waals surface area contributed by atoms with Crippen molar-refractivity contribution >= 4 is 29.9 Å². The Morgan fingerprint density at radius 2 is 1.71 bits per heavy atom. The quantitative estimate of drug-likeness (QED) is 0.362. The van der Waals surface area contributed by atoms with E-state index in [0.717, 1.165) is 31.0 Å². The molecule has 6 heteroatoms. The van der Waals surface area contributed by atoms with Gasteiger partial charge in [-0.2, -0.15) is 5.10 Å². The molecule has 0 aliphatic heterocycles. The lowest BCUT2D eigenvalue weighted by molar-refractivity contribution is 0.635. The summed E-state index contributed by atoms with van der Waals surface area (Å²) in [5.74, 6) is 0.851. The molecule has 0 spiro atoms. The summed E-state index contributed by atoms with van der Waals surface area (Å²) >= 11 is 0. The maximum atomic E-state index is 4.51. The Labute approximate surface area is 187 Å². The molecule has 2 rings (SSSR count). The average molecular weight is 497 g/mol. The predicted molar refractivity (Wildman–Crippen MR) is 130 cm³/mol. The number of aromatic nitrogens is 2. The lowest BCUT2D eigenvalue weighted by Crippen LogP contribution is -2.43. The van der Waals surface area contributed by atoms with E-state index in [1.807, 2.05) is 18.8 Å². The smallest absolute Gasteiger partial charge is 0.191 e. The van der Waals surface area contributed by atoms with Gasteiger partial charge in [0, 0.05) is 32.4 Å². The zero-order valence-corrected chi connectivity index (χ0v) is 20.9. The van der Waals surface area contributed by atoms with E-state index >= 15 is 0 Å². The third-order valence-corrected chi connectivity index (χ3v) is 5.28. The van der Waals surface area contributed by atoms with Crippen LogP contribution < -0.4 is 10.6 Å². The molecule has 1 unspecified atom stereocenters. The van der Waals surface area contributed by atoms with Crippen molar-refractivity contribution in [3.8, 4) is 0 Å². The minimum absolute atomic E-state index is 0. The van der Waals surface area contributed by atoms with E-state index in [0.29, 0.717) is 0 Å². The molecule has 0 aliphatic rings. The van der Waals surface area contributed by atoms with Crippen LogP contribution in [-0.4, -0.2) is 35.4 Å².